The predicted molar refractivity (Wildman–Crippen MR) is 39.0 cm³/mol. The van der Waals surface area contributed by atoms with Crippen molar-refractivity contribution in [1.82, 2.24) is 4.31 Å². The SMILES string of the molecule is CN1CC(N)CCS1(=O)=O. The highest BCUT2D eigenvalue weighted by molar-refractivity contribution is 7.89. The molecule has 1 unspecified atom stereocenters. The lowest BCUT2D eigenvalue weighted by Crippen LogP contribution is -2.45. The number of sulfonamides is 1. The van der Waals surface area contributed by atoms with E-state index < -0.39 is 10.0 Å². The lowest BCUT2D eigenvalue weighted by molar-refractivity contribution is 0.402. The Morgan fingerprint density at radius 1 is 1.60 bits per heavy atom. The van der Waals surface area contributed by atoms with Gasteiger partial charge in [-0.25, -0.2) is 12.7 Å². The average Bonchev–Trinajstić information content (AvgIpc) is 1.81. The van der Waals surface area contributed by atoms with Crippen LogP contribution in [0.1, 0.15) is 6.42 Å². The Labute approximate surface area is 61.1 Å². The molecule has 1 rings (SSSR count). The number of hydrogen-bond acceptors (Lipinski definition) is 3. The lowest BCUT2D eigenvalue weighted by atomic mass is 10.2. The third kappa shape index (κ3) is 1.47. The summed E-state index contributed by atoms with van der Waals surface area (Å²) < 4.78 is 23.3. The minimum atomic E-state index is -2.94. The van der Waals surface area contributed by atoms with Crippen molar-refractivity contribution < 1.29 is 8.42 Å². The molecule has 0 aliphatic carbocycles. The smallest absolute Gasteiger partial charge is 0.213 e. The van der Waals surface area contributed by atoms with Gasteiger partial charge in [0.25, 0.3) is 0 Å². The molecule has 1 fully saturated rings. The summed E-state index contributed by atoms with van der Waals surface area (Å²) in [5.74, 6) is 0.199. The Morgan fingerprint density at radius 2 is 2.20 bits per heavy atom. The number of nitrogens with zero attached hydrogens (tertiary/aromatic N) is 1. The second-order valence-electron chi connectivity index (χ2n) is 2.65. The van der Waals surface area contributed by atoms with Crippen molar-refractivity contribution in [2.24, 2.45) is 5.73 Å². The van der Waals surface area contributed by atoms with Crippen LogP contribution in [0.2, 0.25) is 0 Å². The first-order chi connectivity index (χ1) is 4.52. The first-order valence-corrected chi connectivity index (χ1v) is 4.83. The minimum absolute atomic E-state index is 0.0218. The van der Waals surface area contributed by atoms with Crippen LogP contribution in [0.25, 0.3) is 0 Å². The van der Waals surface area contributed by atoms with Crippen molar-refractivity contribution in [2.45, 2.75) is 12.5 Å². The van der Waals surface area contributed by atoms with Gasteiger partial charge < -0.3 is 5.73 Å². The monoisotopic (exact) mass is 164 g/mol. The van der Waals surface area contributed by atoms with E-state index >= 15 is 0 Å². The van der Waals surface area contributed by atoms with Gasteiger partial charge in [0.1, 0.15) is 0 Å². The molecule has 2 N–H and O–H groups in total. The molecule has 1 atom stereocenters. The molecule has 1 saturated heterocycles. The molecule has 0 aromatic rings. The lowest BCUT2D eigenvalue weighted by Gasteiger charge is -2.26. The Balaban J connectivity index is 2.70. The largest absolute Gasteiger partial charge is 0.326 e. The zero-order chi connectivity index (χ0) is 7.78. The van der Waals surface area contributed by atoms with E-state index in [1.807, 2.05) is 0 Å². The van der Waals surface area contributed by atoms with E-state index in [2.05, 4.69) is 0 Å². The quantitative estimate of drug-likeness (QED) is 0.498. The highest BCUT2D eigenvalue weighted by Gasteiger charge is 2.25. The molecule has 0 aromatic carbocycles. The molecule has 10 heavy (non-hydrogen) atoms. The minimum Gasteiger partial charge on any atom is -0.326 e. The van der Waals surface area contributed by atoms with Gasteiger partial charge in [0.15, 0.2) is 0 Å². The van der Waals surface area contributed by atoms with Crippen molar-refractivity contribution in [1.29, 1.82) is 0 Å². The Bertz CT molecular complexity index is 212. The summed E-state index contributed by atoms with van der Waals surface area (Å²) in [6.45, 7) is 0.461. The van der Waals surface area contributed by atoms with Crippen LogP contribution in [-0.4, -0.2) is 38.1 Å². The van der Waals surface area contributed by atoms with Crippen LogP contribution >= 0.6 is 0 Å². The maximum absolute atomic E-state index is 11.0. The summed E-state index contributed by atoms with van der Waals surface area (Å²) >= 11 is 0. The molecular weight excluding hydrogens is 152 g/mol. The van der Waals surface area contributed by atoms with Crippen molar-refractivity contribution in [2.75, 3.05) is 19.3 Å². The van der Waals surface area contributed by atoms with Crippen LogP contribution in [0.4, 0.5) is 0 Å². The first-order valence-electron chi connectivity index (χ1n) is 3.22. The van der Waals surface area contributed by atoms with Crippen LogP contribution in [-0.2, 0) is 10.0 Å². The third-order valence-electron chi connectivity index (χ3n) is 1.71. The molecule has 1 aliphatic heterocycles. The van der Waals surface area contributed by atoms with E-state index in [0.29, 0.717) is 13.0 Å². The van der Waals surface area contributed by atoms with Gasteiger partial charge in [0, 0.05) is 19.6 Å². The Kier molecular flexibility index (Phi) is 1.98. The summed E-state index contributed by atoms with van der Waals surface area (Å²) in [6.07, 6.45) is 0.590. The van der Waals surface area contributed by atoms with E-state index in [0.717, 1.165) is 0 Å². The number of hydrogen-bond donors (Lipinski definition) is 1. The molecule has 0 bridgehead atoms. The first kappa shape index (κ1) is 7.97. The summed E-state index contributed by atoms with van der Waals surface area (Å²) in [5.41, 5.74) is 5.54. The second kappa shape index (κ2) is 2.48. The number of likely N-dealkylation sites (N-methyl/N-ethyl adjacent to an activating group) is 1. The predicted octanol–water partition coefficient (Wildman–Crippen LogP) is -1.02. The molecule has 1 aliphatic rings. The maximum atomic E-state index is 11.0. The highest BCUT2D eigenvalue weighted by Crippen LogP contribution is 2.09. The number of rotatable bonds is 0. The van der Waals surface area contributed by atoms with E-state index in [1.54, 1.807) is 7.05 Å². The van der Waals surface area contributed by atoms with Gasteiger partial charge in [-0.05, 0) is 6.42 Å². The van der Waals surface area contributed by atoms with Gasteiger partial charge in [-0.3, -0.25) is 0 Å². The molecule has 0 aromatic heterocycles. The fraction of sp³-hybridized carbons (Fsp3) is 1.00. The summed E-state index contributed by atoms with van der Waals surface area (Å²) in [4.78, 5) is 0. The van der Waals surface area contributed by atoms with E-state index in [4.69, 9.17) is 5.73 Å². The Morgan fingerprint density at radius 3 is 2.60 bits per heavy atom. The third-order valence-corrected chi connectivity index (χ3v) is 3.56. The molecule has 0 saturated carbocycles. The topological polar surface area (TPSA) is 63.4 Å². The van der Waals surface area contributed by atoms with Crippen molar-refractivity contribution in [3.63, 3.8) is 0 Å². The van der Waals surface area contributed by atoms with Crippen LogP contribution < -0.4 is 5.73 Å². The van der Waals surface area contributed by atoms with Gasteiger partial charge in [-0.15, -0.1) is 0 Å². The fourth-order valence-corrected chi connectivity index (χ4v) is 2.32. The maximum Gasteiger partial charge on any atom is 0.213 e. The van der Waals surface area contributed by atoms with Crippen molar-refractivity contribution in [3.8, 4) is 0 Å². The van der Waals surface area contributed by atoms with Crippen LogP contribution in [0, 0.1) is 0 Å². The van der Waals surface area contributed by atoms with Gasteiger partial charge >= 0.3 is 0 Å². The van der Waals surface area contributed by atoms with E-state index in [9.17, 15) is 8.42 Å². The Hall–Kier alpha value is -0.130. The van der Waals surface area contributed by atoms with Crippen LogP contribution in [0.5, 0.6) is 0 Å². The standard InChI is InChI=1S/C5H12N2O2S/c1-7-4-5(6)2-3-10(7,8)9/h5H,2-4,6H2,1H3. The van der Waals surface area contributed by atoms with Gasteiger partial charge in [0.2, 0.25) is 10.0 Å². The van der Waals surface area contributed by atoms with E-state index in [1.165, 1.54) is 4.31 Å². The van der Waals surface area contributed by atoms with Crippen LogP contribution in [0.15, 0.2) is 0 Å². The molecule has 0 radical (unpaired) electrons. The van der Waals surface area contributed by atoms with Gasteiger partial charge in [-0.2, -0.15) is 0 Å². The zero-order valence-electron chi connectivity index (χ0n) is 5.95. The van der Waals surface area contributed by atoms with Crippen molar-refractivity contribution >= 4 is 10.0 Å². The molecular formula is C5H12N2O2S. The number of nitrogens with two attached hydrogens (primary N) is 1. The molecule has 0 spiro atoms. The zero-order valence-corrected chi connectivity index (χ0v) is 6.76. The fourth-order valence-electron chi connectivity index (χ4n) is 0.991. The van der Waals surface area contributed by atoms with Crippen molar-refractivity contribution in [3.05, 3.63) is 0 Å². The van der Waals surface area contributed by atoms with Gasteiger partial charge in [-0.1, -0.05) is 0 Å². The summed E-state index contributed by atoms with van der Waals surface area (Å²) in [7, 11) is -1.38. The van der Waals surface area contributed by atoms with Gasteiger partial charge in [0.05, 0.1) is 5.75 Å². The molecule has 4 nitrogen and oxygen atoms in total. The molecule has 1 heterocycles. The highest BCUT2D eigenvalue weighted by atomic mass is 32.2. The molecule has 5 heteroatoms. The molecule has 0 amide bonds. The summed E-state index contributed by atoms with van der Waals surface area (Å²) in [5, 5.41) is 0. The average molecular weight is 164 g/mol. The van der Waals surface area contributed by atoms with E-state index in [-0.39, 0.29) is 11.8 Å². The normalized spacial score (nSPS) is 34.0. The molecule has 60 valence electrons. The summed E-state index contributed by atoms with van der Waals surface area (Å²) in [6, 6.07) is 0.0218. The van der Waals surface area contributed by atoms with Crippen LogP contribution in [0.3, 0.4) is 0 Å². The second-order valence-corrected chi connectivity index (χ2v) is 4.84.